The van der Waals surface area contributed by atoms with Crippen molar-refractivity contribution in [1.29, 1.82) is 0 Å². The quantitative estimate of drug-likeness (QED) is 0.751. The number of nitrogens with zero attached hydrogens (tertiary/aromatic N) is 3. The maximum Gasteiger partial charge on any atom is 0.138 e. The molecule has 0 aliphatic rings. The maximum atomic E-state index is 5.85. The number of rotatable bonds is 5. The monoisotopic (exact) mass is 221 g/mol. The molecule has 1 aromatic heterocycles. The van der Waals surface area contributed by atoms with Gasteiger partial charge in [-0.05, 0) is 7.05 Å². The zero-order valence-corrected chi connectivity index (χ0v) is 9.23. The van der Waals surface area contributed by atoms with Crippen molar-refractivity contribution >= 4 is 23.1 Å². The Morgan fingerprint density at radius 2 is 2.38 bits per heavy atom. The molecule has 6 heteroatoms. The molecule has 0 atom stereocenters. The van der Waals surface area contributed by atoms with Gasteiger partial charge >= 0.3 is 0 Å². The molecule has 0 aliphatic heterocycles. The summed E-state index contributed by atoms with van der Waals surface area (Å²) in [6, 6.07) is 0. The highest BCUT2D eigenvalue weighted by molar-refractivity contribution is 7.10. The van der Waals surface area contributed by atoms with Gasteiger partial charge in [-0.3, -0.25) is 4.90 Å². The van der Waals surface area contributed by atoms with Crippen molar-refractivity contribution in [1.82, 2.24) is 14.5 Å². The van der Waals surface area contributed by atoms with Crippen LogP contribution in [0.2, 0.25) is 4.34 Å². The Balaban J connectivity index is 2.36. The lowest BCUT2D eigenvalue weighted by Crippen LogP contribution is -2.22. The van der Waals surface area contributed by atoms with Crippen LogP contribution in [0.3, 0.4) is 0 Å². The molecular weight excluding hydrogens is 210 g/mol. The van der Waals surface area contributed by atoms with Gasteiger partial charge in [0.2, 0.25) is 0 Å². The van der Waals surface area contributed by atoms with Crippen LogP contribution < -0.4 is 0 Å². The van der Waals surface area contributed by atoms with Crippen LogP contribution in [-0.4, -0.2) is 41.8 Å². The molecular formula is C7H12ClN3OS. The van der Waals surface area contributed by atoms with Gasteiger partial charge in [-0.1, -0.05) is 16.1 Å². The normalized spacial score (nSPS) is 11.1. The van der Waals surface area contributed by atoms with Crippen molar-refractivity contribution < 1.29 is 4.74 Å². The van der Waals surface area contributed by atoms with E-state index in [1.54, 1.807) is 7.11 Å². The minimum atomic E-state index is 0.671. The van der Waals surface area contributed by atoms with Crippen molar-refractivity contribution in [3.8, 4) is 0 Å². The second kappa shape index (κ2) is 5.49. The number of halogens is 1. The molecule has 74 valence electrons. The molecule has 0 bridgehead atoms. The van der Waals surface area contributed by atoms with E-state index in [9.17, 15) is 0 Å². The first kappa shape index (κ1) is 10.8. The Morgan fingerprint density at radius 3 is 2.92 bits per heavy atom. The third-order valence-corrected chi connectivity index (χ3v) is 2.59. The van der Waals surface area contributed by atoms with Crippen LogP contribution in [0.25, 0.3) is 0 Å². The molecule has 0 spiro atoms. The fraction of sp³-hybridized carbons (Fsp3) is 0.714. The number of ether oxygens (including phenoxy) is 1. The fourth-order valence-corrected chi connectivity index (χ4v) is 1.49. The Bertz CT molecular complexity index is 256. The first-order valence-corrected chi connectivity index (χ1v) is 5.03. The predicted octanol–water partition coefficient (Wildman–Crippen LogP) is 1.27. The van der Waals surface area contributed by atoms with E-state index < -0.39 is 0 Å². The van der Waals surface area contributed by atoms with Crippen LogP contribution in [0.1, 0.15) is 5.69 Å². The standard InChI is InChI=1S/C7H12ClN3OS/c1-11(3-4-12-2)5-6-7(8)13-10-9-6/h3-5H2,1-2H3. The molecule has 4 nitrogen and oxygen atoms in total. The van der Waals surface area contributed by atoms with E-state index in [2.05, 4.69) is 14.5 Å². The fourth-order valence-electron chi connectivity index (χ4n) is 0.873. The van der Waals surface area contributed by atoms with Crippen molar-refractivity contribution in [2.75, 3.05) is 27.3 Å². The largest absolute Gasteiger partial charge is 0.383 e. The zero-order valence-electron chi connectivity index (χ0n) is 7.66. The van der Waals surface area contributed by atoms with Crippen LogP contribution in [-0.2, 0) is 11.3 Å². The van der Waals surface area contributed by atoms with Gasteiger partial charge in [0.15, 0.2) is 0 Å². The van der Waals surface area contributed by atoms with Crippen LogP contribution in [0.15, 0.2) is 0 Å². The topological polar surface area (TPSA) is 38.2 Å². The van der Waals surface area contributed by atoms with E-state index in [0.717, 1.165) is 18.8 Å². The average molecular weight is 222 g/mol. The lowest BCUT2D eigenvalue weighted by Gasteiger charge is -2.13. The van der Waals surface area contributed by atoms with E-state index in [1.807, 2.05) is 7.05 Å². The van der Waals surface area contributed by atoms with Gasteiger partial charge in [0.05, 0.1) is 6.61 Å². The summed E-state index contributed by atoms with van der Waals surface area (Å²) < 4.78 is 9.38. The molecule has 0 saturated heterocycles. The summed E-state index contributed by atoms with van der Waals surface area (Å²) >= 11 is 7.07. The highest BCUT2D eigenvalue weighted by Crippen LogP contribution is 2.17. The van der Waals surface area contributed by atoms with Crippen molar-refractivity contribution in [2.24, 2.45) is 0 Å². The van der Waals surface area contributed by atoms with Gasteiger partial charge in [-0.25, -0.2) is 0 Å². The molecule has 0 unspecified atom stereocenters. The molecule has 0 aromatic carbocycles. The lowest BCUT2D eigenvalue weighted by molar-refractivity contribution is 0.158. The molecule has 0 N–H and O–H groups in total. The molecule has 0 amide bonds. The Labute approximate surface area is 86.6 Å². The van der Waals surface area contributed by atoms with Crippen LogP contribution in [0.5, 0.6) is 0 Å². The molecule has 0 radical (unpaired) electrons. The summed E-state index contributed by atoms with van der Waals surface area (Å²) in [5.74, 6) is 0. The van der Waals surface area contributed by atoms with E-state index in [-0.39, 0.29) is 0 Å². The Hall–Kier alpha value is -0.230. The smallest absolute Gasteiger partial charge is 0.138 e. The summed E-state index contributed by atoms with van der Waals surface area (Å²) in [5.41, 5.74) is 0.838. The van der Waals surface area contributed by atoms with E-state index in [1.165, 1.54) is 11.5 Å². The predicted molar refractivity (Wildman–Crippen MR) is 53.1 cm³/mol. The first-order valence-electron chi connectivity index (χ1n) is 3.88. The SMILES string of the molecule is COCCN(C)Cc1nnsc1Cl. The Morgan fingerprint density at radius 1 is 1.62 bits per heavy atom. The molecule has 0 aliphatic carbocycles. The van der Waals surface area contributed by atoms with Crippen LogP contribution in [0, 0.1) is 0 Å². The number of methoxy groups -OCH3 is 1. The van der Waals surface area contributed by atoms with Gasteiger partial charge < -0.3 is 4.74 Å². The lowest BCUT2D eigenvalue weighted by atomic mass is 10.4. The third kappa shape index (κ3) is 3.56. The highest BCUT2D eigenvalue weighted by Gasteiger charge is 2.07. The number of hydrogen-bond donors (Lipinski definition) is 0. The molecule has 13 heavy (non-hydrogen) atoms. The second-order valence-corrected chi connectivity index (χ2v) is 4.08. The number of likely N-dealkylation sites (N-methyl/N-ethyl adjacent to an activating group) is 1. The van der Waals surface area contributed by atoms with Crippen molar-refractivity contribution in [3.63, 3.8) is 0 Å². The molecule has 0 fully saturated rings. The van der Waals surface area contributed by atoms with Gasteiger partial charge in [-0.15, -0.1) is 5.10 Å². The summed E-state index contributed by atoms with van der Waals surface area (Å²) in [5, 5.41) is 3.92. The van der Waals surface area contributed by atoms with Gasteiger partial charge in [0.1, 0.15) is 10.0 Å². The van der Waals surface area contributed by atoms with E-state index in [0.29, 0.717) is 10.9 Å². The summed E-state index contributed by atoms with van der Waals surface area (Å²) in [6.45, 7) is 2.30. The first-order chi connectivity index (χ1) is 6.24. The molecule has 1 rings (SSSR count). The molecule has 0 saturated carbocycles. The van der Waals surface area contributed by atoms with E-state index in [4.69, 9.17) is 16.3 Å². The van der Waals surface area contributed by atoms with Gasteiger partial charge in [-0.2, -0.15) is 0 Å². The van der Waals surface area contributed by atoms with Crippen LogP contribution >= 0.6 is 23.1 Å². The van der Waals surface area contributed by atoms with Gasteiger partial charge in [0.25, 0.3) is 0 Å². The average Bonchev–Trinajstić information content (AvgIpc) is 2.48. The zero-order chi connectivity index (χ0) is 9.68. The molecule has 1 heterocycles. The highest BCUT2D eigenvalue weighted by atomic mass is 35.5. The number of aromatic nitrogens is 2. The second-order valence-electron chi connectivity index (χ2n) is 2.72. The summed E-state index contributed by atoms with van der Waals surface area (Å²) in [7, 11) is 3.68. The minimum Gasteiger partial charge on any atom is -0.383 e. The van der Waals surface area contributed by atoms with Crippen molar-refractivity contribution in [3.05, 3.63) is 10.0 Å². The third-order valence-electron chi connectivity index (χ3n) is 1.61. The van der Waals surface area contributed by atoms with Crippen LogP contribution in [0.4, 0.5) is 0 Å². The van der Waals surface area contributed by atoms with Gasteiger partial charge in [0, 0.05) is 31.7 Å². The Kier molecular flexibility index (Phi) is 4.58. The summed E-state index contributed by atoms with van der Waals surface area (Å²) in [4.78, 5) is 2.09. The van der Waals surface area contributed by atoms with Crippen molar-refractivity contribution in [2.45, 2.75) is 6.54 Å². The maximum absolute atomic E-state index is 5.85. The molecule has 1 aromatic rings. The number of hydrogen-bond acceptors (Lipinski definition) is 5. The van der Waals surface area contributed by atoms with E-state index >= 15 is 0 Å². The summed E-state index contributed by atoms with van der Waals surface area (Å²) in [6.07, 6.45) is 0. The minimum absolute atomic E-state index is 0.671.